The van der Waals surface area contributed by atoms with Crippen molar-refractivity contribution in [1.29, 1.82) is 0 Å². The van der Waals surface area contributed by atoms with Crippen LogP contribution in [0.3, 0.4) is 0 Å². The SMILES string of the molecule is COc1ccc(CCNC(=O)[C@H](C)NC(c2ccccc2)c2ccccc2)cc1. The molecule has 0 radical (unpaired) electrons. The molecule has 2 N–H and O–H groups in total. The molecular weight excluding hydrogens is 360 g/mol. The summed E-state index contributed by atoms with van der Waals surface area (Å²) < 4.78 is 5.18. The zero-order chi connectivity index (χ0) is 20.5. The molecule has 0 bridgehead atoms. The predicted molar refractivity (Wildman–Crippen MR) is 117 cm³/mol. The number of carbonyl (C=O) groups is 1. The molecule has 0 unspecified atom stereocenters. The van der Waals surface area contributed by atoms with Crippen LogP contribution < -0.4 is 15.4 Å². The lowest BCUT2D eigenvalue weighted by atomic mass is 9.98. The molecular formula is C25H28N2O2. The molecule has 3 aromatic carbocycles. The summed E-state index contributed by atoms with van der Waals surface area (Å²) in [5, 5.41) is 6.52. The molecule has 1 atom stereocenters. The fourth-order valence-electron chi connectivity index (χ4n) is 3.28. The molecule has 0 fully saturated rings. The number of amides is 1. The second-order valence-electron chi connectivity index (χ2n) is 7.03. The number of ether oxygens (including phenoxy) is 1. The van der Waals surface area contributed by atoms with Crippen LogP contribution in [0.15, 0.2) is 84.9 Å². The summed E-state index contributed by atoms with van der Waals surface area (Å²) >= 11 is 0. The Morgan fingerprint density at radius 2 is 1.41 bits per heavy atom. The Balaban J connectivity index is 1.58. The number of benzene rings is 3. The number of nitrogens with one attached hydrogen (secondary N) is 2. The first-order chi connectivity index (χ1) is 14.2. The van der Waals surface area contributed by atoms with Gasteiger partial charge in [-0.1, -0.05) is 72.8 Å². The van der Waals surface area contributed by atoms with Crippen LogP contribution in [0.2, 0.25) is 0 Å². The summed E-state index contributed by atoms with van der Waals surface area (Å²) in [6.45, 7) is 2.50. The van der Waals surface area contributed by atoms with Crippen molar-refractivity contribution in [3.63, 3.8) is 0 Å². The molecule has 3 aromatic rings. The minimum atomic E-state index is -0.323. The predicted octanol–water partition coefficient (Wildman–Crippen LogP) is 4.12. The van der Waals surface area contributed by atoms with Crippen molar-refractivity contribution in [1.82, 2.24) is 10.6 Å². The van der Waals surface area contributed by atoms with Gasteiger partial charge in [0.25, 0.3) is 0 Å². The lowest BCUT2D eigenvalue weighted by Gasteiger charge is -2.24. The van der Waals surface area contributed by atoms with E-state index >= 15 is 0 Å². The standard InChI is InChI=1S/C25H28N2O2/c1-19(25(28)26-18-17-20-13-15-23(29-2)16-14-20)27-24(21-9-5-3-6-10-21)22-11-7-4-8-12-22/h3-16,19,24,27H,17-18H2,1-2H3,(H,26,28)/t19-/m0/s1. The highest BCUT2D eigenvalue weighted by Gasteiger charge is 2.20. The highest BCUT2D eigenvalue weighted by molar-refractivity contribution is 5.81. The third-order valence-corrected chi connectivity index (χ3v) is 4.95. The van der Waals surface area contributed by atoms with E-state index < -0.39 is 0 Å². The van der Waals surface area contributed by atoms with E-state index in [1.165, 1.54) is 0 Å². The molecule has 0 spiro atoms. The summed E-state index contributed by atoms with van der Waals surface area (Å²) in [4.78, 5) is 12.6. The van der Waals surface area contributed by atoms with Crippen molar-refractivity contribution in [2.45, 2.75) is 25.4 Å². The monoisotopic (exact) mass is 388 g/mol. The first-order valence-corrected chi connectivity index (χ1v) is 9.94. The van der Waals surface area contributed by atoms with Crippen LogP contribution in [0.1, 0.15) is 29.7 Å². The molecule has 4 heteroatoms. The van der Waals surface area contributed by atoms with Crippen LogP contribution in [0, 0.1) is 0 Å². The number of hydrogen-bond donors (Lipinski definition) is 2. The molecule has 0 aromatic heterocycles. The molecule has 1 amide bonds. The van der Waals surface area contributed by atoms with Gasteiger partial charge in [-0.05, 0) is 42.2 Å². The Labute approximate surface area is 172 Å². The Bertz CT molecular complexity index is 840. The van der Waals surface area contributed by atoms with Crippen LogP contribution in [-0.4, -0.2) is 25.6 Å². The van der Waals surface area contributed by atoms with E-state index in [0.29, 0.717) is 6.54 Å². The quantitative estimate of drug-likeness (QED) is 0.580. The van der Waals surface area contributed by atoms with E-state index in [-0.39, 0.29) is 18.0 Å². The maximum absolute atomic E-state index is 12.6. The lowest BCUT2D eigenvalue weighted by Crippen LogP contribution is -2.44. The van der Waals surface area contributed by atoms with Gasteiger partial charge in [0.2, 0.25) is 5.91 Å². The van der Waals surface area contributed by atoms with Crippen molar-refractivity contribution in [2.75, 3.05) is 13.7 Å². The highest BCUT2D eigenvalue weighted by atomic mass is 16.5. The van der Waals surface area contributed by atoms with Crippen LogP contribution in [0.25, 0.3) is 0 Å². The Morgan fingerprint density at radius 3 is 1.93 bits per heavy atom. The van der Waals surface area contributed by atoms with Crippen molar-refractivity contribution in [3.05, 3.63) is 102 Å². The van der Waals surface area contributed by atoms with Crippen molar-refractivity contribution in [3.8, 4) is 5.75 Å². The Hall–Kier alpha value is -3.11. The molecule has 0 heterocycles. The van der Waals surface area contributed by atoms with E-state index in [9.17, 15) is 4.79 Å². The van der Waals surface area contributed by atoms with Crippen molar-refractivity contribution < 1.29 is 9.53 Å². The maximum atomic E-state index is 12.6. The normalized spacial score (nSPS) is 11.8. The molecule has 0 aliphatic heterocycles. The minimum absolute atomic E-state index is 0.00428. The fraction of sp³-hybridized carbons (Fsp3) is 0.240. The van der Waals surface area contributed by atoms with Crippen molar-refractivity contribution in [2.24, 2.45) is 0 Å². The van der Waals surface area contributed by atoms with Gasteiger partial charge in [0.05, 0.1) is 19.2 Å². The van der Waals surface area contributed by atoms with Gasteiger partial charge < -0.3 is 10.1 Å². The van der Waals surface area contributed by atoms with Crippen LogP contribution in [-0.2, 0) is 11.2 Å². The topological polar surface area (TPSA) is 50.4 Å². The zero-order valence-corrected chi connectivity index (χ0v) is 17.0. The van der Waals surface area contributed by atoms with Crippen LogP contribution >= 0.6 is 0 Å². The number of rotatable bonds is 9. The summed E-state index contributed by atoms with van der Waals surface area (Å²) in [5.41, 5.74) is 3.44. The highest BCUT2D eigenvalue weighted by Crippen LogP contribution is 2.22. The van der Waals surface area contributed by atoms with Gasteiger partial charge >= 0.3 is 0 Å². The minimum Gasteiger partial charge on any atom is -0.497 e. The summed E-state index contributed by atoms with van der Waals surface area (Å²) in [5.74, 6) is 0.832. The second kappa shape index (κ2) is 10.4. The third-order valence-electron chi connectivity index (χ3n) is 4.95. The average molecular weight is 389 g/mol. The number of carbonyl (C=O) groups excluding carboxylic acids is 1. The lowest BCUT2D eigenvalue weighted by molar-refractivity contribution is -0.122. The Morgan fingerprint density at radius 1 is 0.862 bits per heavy atom. The molecule has 3 rings (SSSR count). The molecule has 4 nitrogen and oxygen atoms in total. The third kappa shape index (κ3) is 5.93. The van der Waals surface area contributed by atoms with E-state index in [4.69, 9.17) is 4.74 Å². The van der Waals surface area contributed by atoms with Gasteiger partial charge in [0.1, 0.15) is 5.75 Å². The van der Waals surface area contributed by atoms with Gasteiger partial charge in [-0.15, -0.1) is 0 Å². The molecule has 150 valence electrons. The summed E-state index contributed by atoms with van der Waals surface area (Å²) in [6, 6.07) is 28.0. The molecule has 0 aliphatic carbocycles. The Kier molecular flexibility index (Phi) is 7.42. The molecule has 0 aliphatic rings. The van der Waals surface area contributed by atoms with E-state index in [0.717, 1.165) is 28.9 Å². The smallest absolute Gasteiger partial charge is 0.236 e. The molecule has 0 saturated carbocycles. The maximum Gasteiger partial charge on any atom is 0.236 e. The van der Waals surface area contributed by atoms with Crippen LogP contribution in [0.4, 0.5) is 0 Å². The van der Waals surface area contributed by atoms with Crippen molar-refractivity contribution >= 4 is 5.91 Å². The van der Waals surface area contributed by atoms with E-state index in [2.05, 4.69) is 34.9 Å². The largest absolute Gasteiger partial charge is 0.497 e. The zero-order valence-electron chi connectivity index (χ0n) is 17.0. The summed E-state index contributed by atoms with van der Waals surface area (Å²) in [6.07, 6.45) is 0.781. The summed E-state index contributed by atoms with van der Waals surface area (Å²) in [7, 11) is 1.65. The number of hydrogen-bond acceptors (Lipinski definition) is 3. The first kappa shape index (κ1) is 20.6. The van der Waals surface area contributed by atoms with Gasteiger partial charge in [-0.2, -0.15) is 0 Å². The van der Waals surface area contributed by atoms with Gasteiger partial charge in [-0.3, -0.25) is 10.1 Å². The fourth-order valence-corrected chi connectivity index (χ4v) is 3.28. The van der Waals surface area contributed by atoms with Crippen LogP contribution in [0.5, 0.6) is 5.75 Å². The number of methoxy groups -OCH3 is 1. The van der Waals surface area contributed by atoms with E-state index in [1.54, 1.807) is 7.11 Å². The van der Waals surface area contributed by atoms with Gasteiger partial charge in [0.15, 0.2) is 0 Å². The van der Waals surface area contributed by atoms with Gasteiger partial charge in [0, 0.05) is 6.54 Å². The van der Waals surface area contributed by atoms with Gasteiger partial charge in [-0.25, -0.2) is 0 Å². The second-order valence-corrected chi connectivity index (χ2v) is 7.03. The molecule has 0 saturated heterocycles. The van der Waals surface area contributed by atoms with E-state index in [1.807, 2.05) is 67.6 Å². The average Bonchev–Trinajstić information content (AvgIpc) is 2.79. The first-order valence-electron chi connectivity index (χ1n) is 9.94. The molecule has 29 heavy (non-hydrogen) atoms.